The molecule has 2 aromatic rings. The number of hydrogen-bond donors (Lipinski definition) is 2. The summed E-state index contributed by atoms with van der Waals surface area (Å²) in [5.74, 6) is -1.51. The summed E-state index contributed by atoms with van der Waals surface area (Å²) in [6.45, 7) is 0. The van der Waals surface area contributed by atoms with Gasteiger partial charge in [0.1, 0.15) is 0 Å². The molecule has 2 aromatic carbocycles. The maximum Gasteiger partial charge on any atom is 0.335 e. The van der Waals surface area contributed by atoms with Crippen LogP contribution >= 0.6 is 45.8 Å². The van der Waals surface area contributed by atoms with E-state index in [1.807, 2.05) is 28.7 Å². The number of amides is 1. The molecule has 0 aromatic heterocycles. The molecule has 4 nitrogen and oxygen atoms in total. The zero-order valence-electron chi connectivity index (χ0n) is 10.4. The van der Waals surface area contributed by atoms with Crippen molar-refractivity contribution < 1.29 is 14.7 Å². The summed E-state index contributed by atoms with van der Waals surface area (Å²) in [5, 5.41) is 11.7. The van der Waals surface area contributed by atoms with Crippen LogP contribution in [0, 0.1) is 3.57 Å². The van der Waals surface area contributed by atoms with Crippen LogP contribution in [-0.4, -0.2) is 17.0 Å². The Hall–Kier alpha value is -1.31. The van der Waals surface area contributed by atoms with Gasteiger partial charge in [0.05, 0.1) is 26.9 Å². The van der Waals surface area contributed by atoms with Crippen molar-refractivity contribution >= 4 is 63.4 Å². The minimum absolute atomic E-state index is 0.0442. The number of carboxylic acid groups (broad SMARTS) is 1. The minimum Gasteiger partial charge on any atom is -0.478 e. The highest BCUT2D eigenvalue weighted by atomic mass is 127. The van der Waals surface area contributed by atoms with Crippen LogP contribution in [0.1, 0.15) is 20.7 Å². The number of aromatic carboxylic acids is 1. The first-order valence-corrected chi connectivity index (χ1v) is 7.52. The molecule has 1 amide bonds. The van der Waals surface area contributed by atoms with E-state index in [0.29, 0.717) is 5.56 Å². The number of carbonyl (C=O) groups excluding carboxylic acids is 1. The maximum absolute atomic E-state index is 12.2. The maximum atomic E-state index is 12.2. The first-order chi connectivity index (χ1) is 9.90. The van der Waals surface area contributed by atoms with E-state index in [4.69, 9.17) is 28.3 Å². The predicted octanol–water partition coefficient (Wildman–Crippen LogP) is 4.55. The lowest BCUT2D eigenvalue weighted by molar-refractivity contribution is 0.0696. The van der Waals surface area contributed by atoms with E-state index in [-0.39, 0.29) is 27.2 Å². The molecule has 0 fully saturated rings. The Kier molecular flexibility index (Phi) is 5.08. The van der Waals surface area contributed by atoms with Crippen molar-refractivity contribution in [2.45, 2.75) is 0 Å². The molecule has 0 spiro atoms. The van der Waals surface area contributed by atoms with E-state index >= 15 is 0 Å². The molecule has 0 bridgehead atoms. The van der Waals surface area contributed by atoms with Gasteiger partial charge in [-0.1, -0.05) is 35.3 Å². The number of anilines is 1. The Bertz CT molecular complexity index is 711. The van der Waals surface area contributed by atoms with E-state index < -0.39 is 5.97 Å². The Morgan fingerprint density at radius 3 is 2.19 bits per heavy atom. The molecule has 0 aliphatic rings. The summed E-state index contributed by atoms with van der Waals surface area (Å²) in [6.07, 6.45) is 0. The van der Waals surface area contributed by atoms with Crippen molar-refractivity contribution in [1.29, 1.82) is 0 Å². The lowest BCUT2D eigenvalue weighted by atomic mass is 10.2. The average Bonchev–Trinajstić information content (AvgIpc) is 2.42. The van der Waals surface area contributed by atoms with Crippen LogP contribution in [0.5, 0.6) is 0 Å². The topological polar surface area (TPSA) is 66.4 Å². The number of benzene rings is 2. The third kappa shape index (κ3) is 3.66. The van der Waals surface area contributed by atoms with E-state index in [9.17, 15) is 9.59 Å². The second kappa shape index (κ2) is 6.64. The third-order valence-electron chi connectivity index (χ3n) is 2.65. The van der Waals surface area contributed by atoms with Gasteiger partial charge in [-0.05, 0) is 46.9 Å². The van der Waals surface area contributed by atoms with E-state index in [1.54, 1.807) is 18.2 Å². The van der Waals surface area contributed by atoms with Gasteiger partial charge in [0, 0.05) is 3.57 Å². The summed E-state index contributed by atoms with van der Waals surface area (Å²) < 4.78 is 0.780. The minimum atomic E-state index is -1.14. The molecule has 0 heterocycles. The molecule has 0 aliphatic carbocycles. The number of carboxylic acids is 1. The van der Waals surface area contributed by atoms with Crippen molar-refractivity contribution in [3.05, 3.63) is 61.1 Å². The molecule has 0 saturated heterocycles. The van der Waals surface area contributed by atoms with Crippen molar-refractivity contribution in [2.24, 2.45) is 0 Å². The molecule has 0 atom stereocenters. The van der Waals surface area contributed by atoms with Gasteiger partial charge in [-0.15, -0.1) is 0 Å². The normalized spacial score (nSPS) is 10.2. The fourth-order valence-electron chi connectivity index (χ4n) is 1.64. The first kappa shape index (κ1) is 16.1. The Morgan fingerprint density at radius 1 is 1.10 bits per heavy atom. The van der Waals surface area contributed by atoms with Gasteiger partial charge >= 0.3 is 5.97 Å². The van der Waals surface area contributed by atoms with Crippen LogP contribution in [0.2, 0.25) is 10.0 Å². The van der Waals surface area contributed by atoms with Crippen molar-refractivity contribution in [3.8, 4) is 0 Å². The molecule has 108 valence electrons. The number of halogens is 3. The molecule has 0 unspecified atom stereocenters. The fourth-order valence-corrected chi connectivity index (χ4v) is 2.86. The summed E-state index contributed by atoms with van der Waals surface area (Å²) >= 11 is 14.0. The molecule has 7 heteroatoms. The summed E-state index contributed by atoms with van der Waals surface area (Å²) in [5.41, 5.74) is 0.623. The molecule has 0 aliphatic heterocycles. The van der Waals surface area contributed by atoms with E-state index in [1.165, 1.54) is 12.1 Å². The van der Waals surface area contributed by atoms with Gasteiger partial charge < -0.3 is 10.4 Å². The number of nitrogens with one attached hydrogen (secondary N) is 1. The standard InChI is InChI=1S/C14H8Cl2INO3/c15-9-5-7(14(20)21)6-10(16)12(9)18-13(19)8-3-1-2-4-11(8)17/h1-6H,(H,18,19)(H,20,21). The highest BCUT2D eigenvalue weighted by Crippen LogP contribution is 2.32. The molecule has 2 rings (SSSR count). The Balaban J connectivity index is 2.34. The third-order valence-corrected chi connectivity index (χ3v) is 4.18. The molecule has 0 radical (unpaired) electrons. The van der Waals surface area contributed by atoms with Crippen molar-refractivity contribution in [3.63, 3.8) is 0 Å². The van der Waals surface area contributed by atoms with E-state index in [2.05, 4.69) is 5.32 Å². The van der Waals surface area contributed by atoms with Crippen molar-refractivity contribution in [1.82, 2.24) is 0 Å². The van der Waals surface area contributed by atoms with Gasteiger partial charge in [0.25, 0.3) is 5.91 Å². The van der Waals surface area contributed by atoms with Crippen molar-refractivity contribution in [2.75, 3.05) is 5.32 Å². The second-order valence-corrected chi connectivity index (χ2v) is 6.03. The highest BCUT2D eigenvalue weighted by Gasteiger charge is 2.16. The van der Waals surface area contributed by atoms with Crippen LogP contribution < -0.4 is 5.32 Å². The van der Waals surface area contributed by atoms with Gasteiger partial charge in [-0.25, -0.2) is 4.79 Å². The monoisotopic (exact) mass is 435 g/mol. The fraction of sp³-hybridized carbons (Fsp3) is 0. The van der Waals surface area contributed by atoms with Gasteiger partial charge in [-0.2, -0.15) is 0 Å². The smallest absolute Gasteiger partial charge is 0.335 e. The SMILES string of the molecule is O=C(O)c1cc(Cl)c(NC(=O)c2ccccc2I)c(Cl)c1. The van der Waals surface area contributed by atoms with Crippen LogP contribution in [-0.2, 0) is 0 Å². The Morgan fingerprint density at radius 2 is 1.67 bits per heavy atom. The zero-order valence-corrected chi connectivity index (χ0v) is 14.0. The average molecular weight is 436 g/mol. The van der Waals surface area contributed by atoms with Crippen LogP contribution in [0.4, 0.5) is 5.69 Å². The molecule has 0 saturated carbocycles. The van der Waals surface area contributed by atoms with Crippen LogP contribution in [0.3, 0.4) is 0 Å². The largest absolute Gasteiger partial charge is 0.478 e. The lowest BCUT2D eigenvalue weighted by Crippen LogP contribution is -2.14. The molecule has 2 N–H and O–H groups in total. The quantitative estimate of drug-likeness (QED) is 0.695. The summed E-state index contributed by atoms with van der Waals surface area (Å²) in [4.78, 5) is 23.1. The Labute approximate surface area is 144 Å². The molecular weight excluding hydrogens is 428 g/mol. The number of carbonyl (C=O) groups is 2. The molecular formula is C14H8Cl2INO3. The second-order valence-electron chi connectivity index (χ2n) is 4.05. The van der Waals surface area contributed by atoms with Crippen LogP contribution in [0.15, 0.2) is 36.4 Å². The number of rotatable bonds is 3. The number of hydrogen-bond acceptors (Lipinski definition) is 2. The lowest BCUT2D eigenvalue weighted by Gasteiger charge is -2.11. The summed E-state index contributed by atoms with van der Waals surface area (Å²) in [7, 11) is 0. The predicted molar refractivity (Wildman–Crippen MR) is 90.5 cm³/mol. The van der Waals surface area contributed by atoms with Gasteiger partial charge in [0.2, 0.25) is 0 Å². The highest BCUT2D eigenvalue weighted by molar-refractivity contribution is 14.1. The first-order valence-electron chi connectivity index (χ1n) is 5.68. The summed E-state index contributed by atoms with van der Waals surface area (Å²) in [6, 6.07) is 9.51. The molecule has 21 heavy (non-hydrogen) atoms. The van der Waals surface area contributed by atoms with Crippen LogP contribution in [0.25, 0.3) is 0 Å². The zero-order chi connectivity index (χ0) is 15.6. The van der Waals surface area contributed by atoms with Gasteiger partial charge in [0.15, 0.2) is 0 Å². The van der Waals surface area contributed by atoms with E-state index in [0.717, 1.165) is 3.57 Å². The van der Waals surface area contributed by atoms with Gasteiger partial charge in [-0.3, -0.25) is 4.79 Å².